The van der Waals surface area contributed by atoms with Gasteiger partial charge in [0.15, 0.2) is 0 Å². The Hall–Kier alpha value is -4.10. The van der Waals surface area contributed by atoms with Gasteiger partial charge in [0.05, 0.1) is 18.4 Å². The highest BCUT2D eigenvalue weighted by atomic mass is 35.5. The van der Waals surface area contributed by atoms with Gasteiger partial charge in [-0.15, -0.1) is 0 Å². The third-order valence-corrected chi connectivity index (χ3v) is 6.95. The van der Waals surface area contributed by atoms with E-state index in [0.29, 0.717) is 28.4 Å². The van der Waals surface area contributed by atoms with Crippen LogP contribution < -0.4 is 19.7 Å². The summed E-state index contributed by atoms with van der Waals surface area (Å²) in [5.41, 5.74) is 2.84. The van der Waals surface area contributed by atoms with Crippen molar-refractivity contribution in [2.24, 2.45) is 0 Å². The number of ether oxygens (including phenoxy) is 2. The van der Waals surface area contributed by atoms with Crippen molar-refractivity contribution in [2.75, 3.05) is 17.3 Å². The Labute approximate surface area is 239 Å². The van der Waals surface area contributed by atoms with Crippen LogP contribution in [-0.2, 0) is 20.4 Å². The molecule has 0 aromatic heterocycles. The summed E-state index contributed by atoms with van der Waals surface area (Å²) >= 11 is 6.27. The van der Waals surface area contributed by atoms with Crippen molar-refractivity contribution < 1.29 is 23.9 Å². The lowest BCUT2D eigenvalue weighted by molar-refractivity contribution is -0.120. The molecule has 3 aromatic carbocycles. The van der Waals surface area contributed by atoms with Crippen LogP contribution in [0.3, 0.4) is 0 Å². The molecule has 2 amide bonds. The number of imide groups is 1. The smallest absolute Gasteiger partial charge is 0.343 e. The van der Waals surface area contributed by atoms with Crippen molar-refractivity contribution in [3.05, 3.63) is 94.1 Å². The zero-order valence-corrected chi connectivity index (χ0v) is 24.5. The number of rotatable bonds is 6. The van der Waals surface area contributed by atoms with Crippen LogP contribution in [0.4, 0.5) is 11.4 Å². The summed E-state index contributed by atoms with van der Waals surface area (Å²) in [5.74, 6) is -0.911. The Morgan fingerprint density at radius 2 is 1.48 bits per heavy atom. The minimum atomic E-state index is -0.661. The Morgan fingerprint density at radius 3 is 2.08 bits per heavy atom. The number of amides is 2. The number of esters is 1. The molecule has 0 radical (unpaired) electrons. The van der Waals surface area contributed by atoms with Gasteiger partial charge in [-0.1, -0.05) is 77.4 Å². The summed E-state index contributed by atoms with van der Waals surface area (Å²) in [6.45, 7) is 12.7. The molecule has 0 saturated carbocycles. The fourth-order valence-electron chi connectivity index (χ4n) is 4.31. The number of halogens is 1. The number of methoxy groups -OCH3 is 1. The van der Waals surface area contributed by atoms with Gasteiger partial charge in [-0.2, -0.15) is 0 Å². The third kappa shape index (κ3) is 5.75. The number of carbonyl (C=O) groups is 3. The normalized spacial score (nSPS) is 14.1. The first-order valence-corrected chi connectivity index (χ1v) is 13.3. The molecule has 208 valence electrons. The van der Waals surface area contributed by atoms with E-state index in [9.17, 15) is 14.4 Å². The van der Waals surface area contributed by atoms with Crippen LogP contribution in [0.15, 0.2) is 77.5 Å². The van der Waals surface area contributed by atoms with Gasteiger partial charge in [0.2, 0.25) is 0 Å². The zero-order chi connectivity index (χ0) is 29.4. The zero-order valence-electron chi connectivity index (χ0n) is 23.7. The average Bonchev–Trinajstić information content (AvgIpc) is 3.10. The Kier molecular flexibility index (Phi) is 7.81. The number of para-hydroxylation sites is 2. The molecule has 0 bridgehead atoms. The summed E-state index contributed by atoms with van der Waals surface area (Å²) in [5, 5.41) is 2.67. The minimum Gasteiger partial charge on any atom is -0.495 e. The van der Waals surface area contributed by atoms with Gasteiger partial charge in [0.25, 0.3) is 11.8 Å². The number of nitrogens with zero attached hydrogens (tertiary/aromatic N) is 1. The maximum absolute atomic E-state index is 13.1. The highest BCUT2D eigenvalue weighted by Crippen LogP contribution is 2.37. The molecular weight excluding hydrogens is 528 g/mol. The molecule has 1 N–H and O–H groups in total. The van der Waals surface area contributed by atoms with Crippen LogP contribution in [0.1, 0.15) is 63.0 Å². The standard InChI is InChI=1S/C32H33ClN2O5/c1-31(2,3)20-14-17-24(22(18-20)32(4,5)6)40-30(38)19-12-15-21(16-13-19)34-27-26(33)28(36)35(29(27)37)23-10-8-9-11-25(23)39-7/h8-18,34H,1-7H3. The Morgan fingerprint density at radius 1 is 0.825 bits per heavy atom. The summed E-state index contributed by atoms with van der Waals surface area (Å²) < 4.78 is 11.1. The molecule has 1 aliphatic heterocycles. The van der Waals surface area contributed by atoms with Crippen molar-refractivity contribution in [1.29, 1.82) is 0 Å². The molecule has 0 fully saturated rings. The van der Waals surface area contributed by atoms with Gasteiger partial charge < -0.3 is 14.8 Å². The van der Waals surface area contributed by atoms with E-state index in [1.165, 1.54) is 7.11 Å². The molecule has 40 heavy (non-hydrogen) atoms. The molecule has 1 aliphatic rings. The molecule has 4 rings (SSSR count). The molecule has 0 spiro atoms. The largest absolute Gasteiger partial charge is 0.495 e. The van der Waals surface area contributed by atoms with E-state index in [4.69, 9.17) is 21.1 Å². The number of hydrogen-bond donors (Lipinski definition) is 1. The number of anilines is 2. The topological polar surface area (TPSA) is 84.9 Å². The Bertz CT molecular complexity index is 1510. The number of benzene rings is 3. The first-order chi connectivity index (χ1) is 18.7. The summed E-state index contributed by atoms with van der Waals surface area (Å²) in [6.07, 6.45) is 0. The fraction of sp³-hybridized carbons (Fsp3) is 0.281. The van der Waals surface area contributed by atoms with Crippen LogP contribution in [-0.4, -0.2) is 24.9 Å². The van der Waals surface area contributed by atoms with E-state index >= 15 is 0 Å². The van der Waals surface area contributed by atoms with Crippen LogP contribution >= 0.6 is 11.6 Å². The van der Waals surface area contributed by atoms with Gasteiger partial charge in [-0.25, -0.2) is 9.69 Å². The molecular formula is C32H33ClN2O5. The van der Waals surface area contributed by atoms with E-state index < -0.39 is 17.8 Å². The maximum Gasteiger partial charge on any atom is 0.343 e. The van der Waals surface area contributed by atoms with Crippen molar-refractivity contribution in [2.45, 2.75) is 52.4 Å². The molecule has 3 aromatic rings. The lowest BCUT2D eigenvalue weighted by Crippen LogP contribution is -2.32. The fourth-order valence-corrected chi connectivity index (χ4v) is 4.52. The van der Waals surface area contributed by atoms with Gasteiger partial charge >= 0.3 is 5.97 Å². The van der Waals surface area contributed by atoms with E-state index in [2.05, 4.69) is 52.9 Å². The number of hydrogen-bond acceptors (Lipinski definition) is 6. The second-order valence-electron chi connectivity index (χ2n) is 11.6. The van der Waals surface area contributed by atoms with Crippen molar-refractivity contribution >= 4 is 40.8 Å². The summed E-state index contributed by atoms with van der Waals surface area (Å²) in [4.78, 5) is 40.0. The van der Waals surface area contributed by atoms with Crippen molar-refractivity contribution in [3.8, 4) is 11.5 Å². The highest BCUT2D eigenvalue weighted by Gasteiger charge is 2.40. The van der Waals surface area contributed by atoms with Crippen LogP contribution in [0.5, 0.6) is 11.5 Å². The van der Waals surface area contributed by atoms with Crippen molar-refractivity contribution in [1.82, 2.24) is 0 Å². The van der Waals surface area contributed by atoms with E-state index in [1.54, 1.807) is 48.5 Å². The monoisotopic (exact) mass is 560 g/mol. The summed E-state index contributed by atoms with van der Waals surface area (Å²) in [7, 11) is 1.45. The molecule has 0 unspecified atom stereocenters. The van der Waals surface area contributed by atoms with Gasteiger partial charge in [0, 0.05) is 11.3 Å². The van der Waals surface area contributed by atoms with Crippen LogP contribution in [0, 0.1) is 0 Å². The Balaban J connectivity index is 1.52. The van der Waals surface area contributed by atoms with E-state index in [0.717, 1.165) is 16.0 Å². The van der Waals surface area contributed by atoms with Gasteiger partial charge in [-0.3, -0.25) is 9.59 Å². The maximum atomic E-state index is 13.1. The molecule has 0 atom stereocenters. The second kappa shape index (κ2) is 10.8. The van der Waals surface area contributed by atoms with E-state index in [1.807, 2.05) is 12.1 Å². The highest BCUT2D eigenvalue weighted by molar-refractivity contribution is 6.53. The SMILES string of the molecule is COc1ccccc1N1C(=O)C(Cl)=C(Nc2ccc(C(=O)Oc3ccc(C(C)(C)C)cc3C(C)(C)C)cc2)C1=O. The average molecular weight is 561 g/mol. The lowest BCUT2D eigenvalue weighted by Gasteiger charge is -2.26. The lowest BCUT2D eigenvalue weighted by atomic mass is 9.80. The molecule has 7 nitrogen and oxygen atoms in total. The molecule has 8 heteroatoms. The molecule has 0 saturated heterocycles. The summed E-state index contributed by atoms with van der Waals surface area (Å²) in [6, 6.07) is 19.0. The van der Waals surface area contributed by atoms with E-state index in [-0.39, 0.29) is 21.6 Å². The first kappa shape index (κ1) is 28.9. The van der Waals surface area contributed by atoms with Crippen LogP contribution in [0.2, 0.25) is 0 Å². The predicted octanol–water partition coefficient (Wildman–Crippen LogP) is 6.95. The second-order valence-corrected chi connectivity index (χ2v) is 12.0. The van der Waals surface area contributed by atoms with Crippen LogP contribution in [0.25, 0.3) is 0 Å². The van der Waals surface area contributed by atoms with Gasteiger partial charge in [0.1, 0.15) is 22.2 Å². The van der Waals surface area contributed by atoms with Crippen molar-refractivity contribution in [3.63, 3.8) is 0 Å². The third-order valence-electron chi connectivity index (χ3n) is 6.60. The minimum absolute atomic E-state index is 0.0424. The quantitative estimate of drug-likeness (QED) is 0.199. The number of nitrogens with one attached hydrogen (secondary N) is 1. The predicted molar refractivity (Wildman–Crippen MR) is 157 cm³/mol. The van der Waals surface area contributed by atoms with Gasteiger partial charge in [-0.05, 0) is 58.9 Å². The number of carbonyl (C=O) groups excluding carboxylic acids is 3. The molecule has 0 aliphatic carbocycles. The first-order valence-electron chi connectivity index (χ1n) is 12.9. The molecule has 1 heterocycles.